The molecule has 1 aromatic carbocycles. The summed E-state index contributed by atoms with van der Waals surface area (Å²) in [6, 6.07) is 9.61. The number of rotatable bonds is 2. The van der Waals surface area contributed by atoms with Crippen molar-refractivity contribution in [3.05, 3.63) is 47.8 Å². The van der Waals surface area contributed by atoms with Crippen LogP contribution < -0.4 is 5.73 Å². The smallest absolute Gasteiger partial charge is 0.104 e. The van der Waals surface area contributed by atoms with Gasteiger partial charge in [0.15, 0.2) is 0 Å². The fourth-order valence-electron chi connectivity index (χ4n) is 1.19. The zero-order valence-corrected chi connectivity index (χ0v) is 7.01. The molecule has 0 aliphatic heterocycles. The molecule has 1 unspecified atom stereocenters. The molecule has 3 N–H and O–H groups in total. The second-order valence-electron chi connectivity index (χ2n) is 2.78. The van der Waals surface area contributed by atoms with Gasteiger partial charge in [0.05, 0.1) is 12.2 Å². The molecule has 4 nitrogen and oxygen atoms in total. The van der Waals surface area contributed by atoms with E-state index in [9.17, 15) is 0 Å². The highest BCUT2D eigenvalue weighted by Gasteiger charge is 2.09. The zero-order valence-electron chi connectivity index (χ0n) is 7.01. The molecule has 0 aliphatic rings. The van der Waals surface area contributed by atoms with Gasteiger partial charge in [0.25, 0.3) is 0 Å². The molecule has 0 aliphatic carbocycles. The van der Waals surface area contributed by atoms with Crippen LogP contribution in [0.15, 0.2) is 36.5 Å². The summed E-state index contributed by atoms with van der Waals surface area (Å²) in [5.74, 6) is 0. The number of nitrogens with zero attached hydrogens (tertiary/aromatic N) is 2. The average molecular weight is 174 g/mol. The van der Waals surface area contributed by atoms with Crippen molar-refractivity contribution in [3.63, 3.8) is 0 Å². The Morgan fingerprint density at radius 1 is 1.23 bits per heavy atom. The first-order valence-corrected chi connectivity index (χ1v) is 4.04. The van der Waals surface area contributed by atoms with E-state index in [0.29, 0.717) is 0 Å². The van der Waals surface area contributed by atoms with Crippen LogP contribution in [0.25, 0.3) is 0 Å². The Labute approximate surface area is 75.8 Å². The van der Waals surface area contributed by atoms with Crippen LogP contribution >= 0.6 is 0 Å². The maximum absolute atomic E-state index is 5.94. The highest BCUT2D eigenvalue weighted by atomic mass is 15.3. The number of benzene rings is 1. The molecule has 1 atom stereocenters. The van der Waals surface area contributed by atoms with Gasteiger partial charge in [0.2, 0.25) is 0 Å². The van der Waals surface area contributed by atoms with Gasteiger partial charge in [-0.2, -0.15) is 15.4 Å². The topological polar surface area (TPSA) is 67.6 Å². The van der Waals surface area contributed by atoms with Crippen molar-refractivity contribution in [2.24, 2.45) is 5.73 Å². The third-order valence-corrected chi connectivity index (χ3v) is 1.91. The van der Waals surface area contributed by atoms with Crippen molar-refractivity contribution in [1.82, 2.24) is 15.4 Å². The van der Waals surface area contributed by atoms with Gasteiger partial charge in [-0.3, -0.25) is 0 Å². The van der Waals surface area contributed by atoms with Crippen LogP contribution in [0.1, 0.15) is 17.3 Å². The summed E-state index contributed by atoms with van der Waals surface area (Å²) in [5.41, 5.74) is 7.73. The predicted octanol–water partition coefficient (Wildman–Crippen LogP) is 0.853. The molecule has 0 fully saturated rings. The lowest BCUT2D eigenvalue weighted by atomic mass is 10.1. The van der Waals surface area contributed by atoms with E-state index in [1.54, 1.807) is 6.20 Å². The number of aromatic nitrogens is 3. The number of nitrogens with one attached hydrogen (secondary N) is 1. The Balaban J connectivity index is 2.29. The molecule has 0 radical (unpaired) electrons. The van der Waals surface area contributed by atoms with Gasteiger partial charge in [-0.15, -0.1) is 0 Å². The second-order valence-corrected chi connectivity index (χ2v) is 2.78. The quantitative estimate of drug-likeness (QED) is 0.709. The molecule has 13 heavy (non-hydrogen) atoms. The summed E-state index contributed by atoms with van der Waals surface area (Å²) in [6.07, 6.45) is 1.64. The van der Waals surface area contributed by atoms with Gasteiger partial charge in [-0.25, -0.2) is 0 Å². The minimum atomic E-state index is -0.194. The SMILES string of the molecule is NC(c1ccccc1)c1cn[nH]n1. The Morgan fingerprint density at radius 2 is 2.00 bits per heavy atom. The lowest BCUT2D eigenvalue weighted by molar-refractivity contribution is 0.809. The van der Waals surface area contributed by atoms with E-state index in [1.165, 1.54) is 0 Å². The first-order chi connectivity index (χ1) is 6.38. The minimum absolute atomic E-state index is 0.194. The molecule has 2 aromatic rings. The van der Waals surface area contributed by atoms with Crippen molar-refractivity contribution in [2.75, 3.05) is 0 Å². The molecule has 1 heterocycles. The van der Waals surface area contributed by atoms with E-state index in [2.05, 4.69) is 15.4 Å². The van der Waals surface area contributed by atoms with Crippen LogP contribution in [-0.2, 0) is 0 Å². The van der Waals surface area contributed by atoms with Crippen LogP contribution in [0.5, 0.6) is 0 Å². The van der Waals surface area contributed by atoms with Gasteiger partial charge in [-0.1, -0.05) is 30.3 Å². The Morgan fingerprint density at radius 3 is 2.62 bits per heavy atom. The number of hydrogen-bond acceptors (Lipinski definition) is 3. The summed E-state index contributed by atoms with van der Waals surface area (Å²) in [7, 11) is 0. The normalized spacial score (nSPS) is 12.7. The fraction of sp³-hybridized carbons (Fsp3) is 0.111. The molecule has 0 saturated heterocycles. The van der Waals surface area contributed by atoms with Crippen molar-refractivity contribution in [2.45, 2.75) is 6.04 Å². The lowest BCUT2D eigenvalue weighted by Gasteiger charge is -2.06. The predicted molar refractivity (Wildman–Crippen MR) is 48.9 cm³/mol. The van der Waals surface area contributed by atoms with Crippen molar-refractivity contribution >= 4 is 0 Å². The third-order valence-electron chi connectivity index (χ3n) is 1.91. The highest BCUT2D eigenvalue weighted by Crippen LogP contribution is 2.15. The maximum atomic E-state index is 5.94. The van der Waals surface area contributed by atoms with E-state index >= 15 is 0 Å². The van der Waals surface area contributed by atoms with Crippen LogP contribution in [0.4, 0.5) is 0 Å². The van der Waals surface area contributed by atoms with Gasteiger partial charge in [0.1, 0.15) is 5.69 Å². The average Bonchev–Trinajstić information content (AvgIpc) is 2.71. The summed E-state index contributed by atoms with van der Waals surface area (Å²) in [4.78, 5) is 0. The van der Waals surface area contributed by atoms with Gasteiger partial charge < -0.3 is 5.73 Å². The van der Waals surface area contributed by atoms with Crippen molar-refractivity contribution in [1.29, 1.82) is 0 Å². The van der Waals surface area contributed by atoms with Gasteiger partial charge in [0, 0.05) is 0 Å². The van der Waals surface area contributed by atoms with E-state index < -0.39 is 0 Å². The highest BCUT2D eigenvalue weighted by molar-refractivity contribution is 5.24. The van der Waals surface area contributed by atoms with Crippen LogP contribution in [0, 0.1) is 0 Å². The summed E-state index contributed by atoms with van der Waals surface area (Å²) < 4.78 is 0. The van der Waals surface area contributed by atoms with Crippen molar-refractivity contribution < 1.29 is 0 Å². The molecule has 2 rings (SSSR count). The fourth-order valence-corrected chi connectivity index (χ4v) is 1.19. The van der Waals surface area contributed by atoms with Crippen LogP contribution in [0.3, 0.4) is 0 Å². The summed E-state index contributed by atoms with van der Waals surface area (Å²) in [5, 5.41) is 10.2. The molecule has 0 amide bonds. The number of H-pyrrole nitrogens is 1. The van der Waals surface area contributed by atoms with E-state index in [0.717, 1.165) is 11.3 Å². The van der Waals surface area contributed by atoms with E-state index in [-0.39, 0.29) is 6.04 Å². The number of aromatic amines is 1. The minimum Gasteiger partial charge on any atom is -0.319 e. The molecule has 4 heteroatoms. The summed E-state index contributed by atoms with van der Waals surface area (Å²) in [6.45, 7) is 0. The molecular formula is C9H10N4. The Hall–Kier alpha value is -1.68. The molecule has 66 valence electrons. The first-order valence-electron chi connectivity index (χ1n) is 4.04. The lowest BCUT2D eigenvalue weighted by Crippen LogP contribution is -2.11. The molecular weight excluding hydrogens is 164 g/mol. The third kappa shape index (κ3) is 1.57. The monoisotopic (exact) mass is 174 g/mol. The summed E-state index contributed by atoms with van der Waals surface area (Å²) >= 11 is 0. The largest absolute Gasteiger partial charge is 0.319 e. The number of nitrogens with two attached hydrogens (primary N) is 1. The van der Waals surface area contributed by atoms with Crippen LogP contribution in [0.2, 0.25) is 0 Å². The first kappa shape index (κ1) is 7.94. The van der Waals surface area contributed by atoms with Crippen molar-refractivity contribution in [3.8, 4) is 0 Å². The standard InChI is InChI=1S/C9H10N4/c10-9(8-6-11-13-12-8)7-4-2-1-3-5-7/h1-6,9H,10H2,(H,11,12,13). The van der Waals surface area contributed by atoms with E-state index in [4.69, 9.17) is 5.73 Å². The van der Waals surface area contributed by atoms with Gasteiger partial charge >= 0.3 is 0 Å². The Kier molecular flexibility index (Phi) is 2.06. The molecule has 1 aromatic heterocycles. The zero-order chi connectivity index (χ0) is 9.10. The Bertz CT molecular complexity index is 354. The van der Waals surface area contributed by atoms with Gasteiger partial charge in [-0.05, 0) is 5.56 Å². The number of hydrogen-bond donors (Lipinski definition) is 2. The molecule has 0 saturated carbocycles. The second kappa shape index (κ2) is 3.37. The molecule has 0 spiro atoms. The van der Waals surface area contributed by atoms with Crippen LogP contribution in [-0.4, -0.2) is 15.4 Å². The van der Waals surface area contributed by atoms with E-state index in [1.807, 2.05) is 30.3 Å². The maximum Gasteiger partial charge on any atom is 0.104 e. The molecule has 0 bridgehead atoms.